The molecule has 0 unspecified atom stereocenters. The van der Waals surface area contributed by atoms with Crippen LogP contribution in [0, 0.1) is 0 Å². The van der Waals surface area contributed by atoms with Crippen LogP contribution in [0.4, 0.5) is 0 Å². The van der Waals surface area contributed by atoms with E-state index in [-0.39, 0.29) is 0 Å². The Bertz CT molecular complexity index is 284. The van der Waals surface area contributed by atoms with Gasteiger partial charge in [0.1, 0.15) is 0 Å². The van der Waals surface area contributed by atoms with Gasteiger partial charge >= 0.3 is 0 Å². The van der Waals surface area contributed by atoms with E-state index in [1.54, 1.807) is 0 Å². The molecule has 0 atom stereocenters. The van der Waals surface area contributed by atoms with Gasteiger partial charge in [-0.1, -0.05) is 30.3 Å². The minimum absolute atomic E-state index is 0.838. The predicted molar refractivity (Wildman–Crippen MR) is 54.6 cm³/mol. The third kappa shape index (κ3) is 2.31. The van der Waals surface area contributed by atoms with E-state index >= 15 is 0 Å². The zero-order valence-electron chi connectivity index (χ0n) is 7.66. The van der Waals surface area contributed by atoms with Crippen molar-refractivity contribution in [3.63, 3.8) is 0 Å². The highest BCUT2D eigenvalue weighted by molar-refractivity contribution is 5.88. The molecule has 2 heteroatoms. The van der Waals surface area contributed by atoms with Gasteiger partial charge in [0, 0.05) is 5.71 Å². The molecule has 1 N–H and O–H groups in total. The average molecular weight is 174 g/mol. The highest BCUT2D eigenvalue weighted by atomic mass is 15.3. The Labute approximate surface area is 78.7 Å². The number of hydrogen-bond acceptors (Lipinski definition) is 2. The van der Waals surface area contributed by atoms with E-state index < -0.39 is 0 Å². The van der Waals surface area contributed by atoms with Crippen LogP contribution >= 0.6 is 0 Å². The summed E-state index contributed by atoms with van der Waals surface area (Å²) in [5, 5.41) is 4.29. The molecule has 0 aromatic heterocycles. The number of nitrogens with zero attached hydrogens (tertiary/aromatic N) is 1. The number of hydrogen-bond donors (Lipinski definition) is 1. The van der Waals surface area contributed by atoms with E-state index in [2.05, 4.69) is 22.7 Å². The maximum Gasteiger partial charge on any atom is 0.0580 e. The molecule has 0 heterocycles. The van der Waals surface area contributed by atoms with Gasteiger partial charge in [-0.3, -0.25) is 0 Å². The third-order valence-electron chi connectivity index (χ3n) is 2.29. The van der Waals surface area contributed by atoms with Crippen LogP contribution in [0.15, 0.2) is 35.4 Å². The van der Waals surface area contributed by atoms with Gasteiger partial charge in [0.05, 0.1) is 6.54 Å². The summed E-state index contributed by atoms with van der Waals surface area (Å²) >= 11 is 0. The van der Waals surface area contributed by atoms with Crippen molar-refractivity contribution in [1.29, 1.82) is 0 Å². The van der Waals surface area contributed by atoms with Gasteiger partial charge in [-0.15, -0.1) is 0 Å². The second-order valence-corrected chi connectivity index (χ2v) is 3.35. The highest BCUT2D eigenvalue weighted by Crippen LogP contribution is 2.13. The van der Waals surface area contributed by atoms with Crippen LogP contribution in [0.2, 0.25) is 0 Å². The minimum Gasteiger partial charge on any atom is -0.306 e. The molecule has 0 amide bonds. The summed E-state index contributed by atoms with van der Waals surface area (Å²) in [6.07, 6.45) is 3.68. The van der Waals surface area contributed by atoms with Crippen molar-refractivity contribution >= 4 is 5.71 Å². The zero-order valence-corrected chi connectivity index (χ0v) is 7.66. The fraction of sp³-hybridized carbons (Fsp3) is 0.364. The summed E-state index contributed by atoms with van der Waals surface area (Å²) in [5.74, 6) is 0. The summed E-state index contributed by atoms with van der Waals surface area (Å²) in [5.41, 5.74) is 5.69. The van der Waals surface area contributed by atoms with Crippen LogP contribution in [0.5, 0.6) is 0 Å². The topological polar surface area (TPSA) is 24.4 Å². The first-order chi connectivity index (χ1) is 6.45. The predicted octanol–water partition coefficient (Wildman–Crippen LogP) is 2.32. The van der Waals surface area contributed by atoms with Crippen molar-refractivity contribution in [3.05, 3.63) is 35.9 Å². The normalized spacial score (nSPS) is 14.9. The molecule has 13 heavy (non-hydrogen) atoms. The smallest absolute Gasteiger partial charge is 0.0580 e. The van der Waals surface area contributed by atoms with Gasteiger partial charge in [-0.05, 0) is 24.8 Å². The molecule has 1 aliphatic carbocycles. The second kappa shape index (κ2) is 4.08. The lowest BCUT2D eigenvalue weighted by molar-refractivity contribution is 0.701. The van der Waals surface area contributed by atoms with E-state index in [0.29, 0.717) is 0 Å². The van der Waals surface area contributed by atoms with E-state index in [1.807, 2.05) is 18.2 Å². The molecule has 68 valence electrons. The molecule has 0 bridgehead atoms. The van der Waals surface area contributed by atoms with Gasteiger partial charge in [-0.2, -0.15) is 5.10 Å². The van der Waals surface area contributed by atoms with Crippen molar-refractivity contribution in [2.45, 2.75) is 25.8 Å². The first kappa shape index (κ1) is 8.30. The van der Waals surface area contributed by atoms with Gasteiger partial charge in [0.15, 0.2) is 0 Å². The molecule has 1 aliphatic rings. The van der Waals surface area contributed by atoms with Crippen LogP contribution < -0.4 is 5.43 Å². The van der Waals surface area contributed by atoms with E-state index in [0.717, 1.165) is 6.54 Å². The van der Waals surface area contributed by atoms with Crippen molar-refractivity contribution < 1.29 is 0 Å². The molecule has 0 aliphatic heterocycles. The summed E-state index contributed by atoms with van der Waals surface area (Å²) in [7, 11) is 0. The SMILES string of the molecule is c1ccc(CNN=C2CCC2)cc1. The number of rotatable bonds is 3. The zero-order chi connectivity index (χ0) is 8.93. The molecule has 0 saturated heterocycles. The van der Waals surface area contributed by atoms with Gasteiger partial charge < -0.3 is 5.43 Å². The molecule has 0 spiro atoms. The maximum atomic E-state index is 4.29. The molecule has 2 nitrogen and oxygen atoms in total. The van der Waals surface area contributed by atoms with Gasteiger partial charge in [-0.25, -0.2) is 0 Å². The lowest BCUT2D eigenvalue weighted by Gasteiger charge is -2.14. The highest BCUT2D eigenvalue weighted by Gasteiger charge is 2.08. The van der Waals surface area contributed by atoms with E-state index in [1.165, 1.54) is 30.5 Å². The lowest BCUT2D eigenvalue weighted by atomic mass is 9.98. The Hall–Kier alpha value is -1.31. The molecular formula is C11H14N2. The standard InChI is InChI=1S/C11H14N2/c1-2-5-10(6-3-1)9-12-13-11-7-4-8-11/h1-3,5-6,12H,4,7-9H2. The maximum absolute atomic E-state index is 4.29. The van der Waals surface area contributed by atoms with Crippen molar-refractivity contribution in [1.82, 2.24) is 5.43 Å². The quantitative estimate of drug-likeness (QED) is 0.699. The summed E-state index contributed by atoms with van der Waals surface area (Å²) in [4.78, 5) is 0. The van der Waals surface area contributed by atoms with Crippen molar-refractivity contribution in [2.75, 3.05) is 0 Å². The molecule has 1 saturated carbocycles. The fourth-order valence-electron chi connectivity index (χ4n) is 1.29. The first-order valence-corrected chi connectivity index (χ1v) is 4.77. The van der Waals surface area contributed by atoms with Gasteiger partial charge in [0.2, 0.25) is 0 Å². The van der Waals surface area contributed by atoms with Crippen LogP contribution in [0.25, 0.3) is 0 Å². The lowest BCUT2D eigenvalue weighted by Crippen LogP contribution is -2.15. The third-order valence-corrected chi connectivity index (χ3v) is 2.29. The van der Waals surface area contributed by atoms with Crippen LogP contribution in [0.1, 0.15) is 24.8 Å². The summed E-state index contributed by atoms with van der Waals surface area (Å²) in [6, 6.07) is 10.3. The van der Waals surface area contributed by atoms with Crippen molar-refractivity contribution in [2.24, 2.45) is 5.10 Å². The summed E-state index contributed by atoms with van der Waals surface area (Å²) in [6.45, 7) is 0.838. The second-order valence-electron chi connectivity index (χ2n) is 3.35. The van der Waals surface area contributed by atoms with Crippen LogP contribution in [-0.4, -0.2) is 5.71 Å². The number of nitrogens with one attached hydrogen (secondary N) is 1. The Morgan fingerprint density at radius 2 is 1.92 bits per heavy atom. The number of benzene rings is 1. The Morgan fingerprint density at radius 3 is 2.54 bits per heavy atom. The Morgan fingerprint density at radius 1 is 1.15 bits per heavy atom. The van der Waals surface area contributed by atoms with E-state index in [9.17, 15) is 0 Å². The molecule has 1 fully saturated rings. The Kier molecular flexibility index (Phi) is 2.60. The largest absolute Gasteiger partial charge is 0.306 e. The molecule has 1 aromatic rings. The van der Waals surface area contributed by atoms with Gasteiger partial charge in [0.25, 0.3) is 0 Å². The Balaban J connectivity index is 1.79. The van der Waals surface area contributed by atoms with Crippen LogP contribution in [-0.2, 0) is 6.54 Å². The van der Waals surface area contributed by atoms with E-state index in [4.69, 9.17) is 0 Å². The molecule has 0 radical (unpaired) electrons. The summed E-state index contributed by atoms with van der Waals surface area (Å²) < 4.78 is 0. The monoisotopic (exact) mass is 174 g/mol. The minimum atomic E-state index is 0.838. The van der Waals surface area contributed by atoms with Crippen molar-refractivity contribution in [3.8, 4) is 0 Å². The molecule has 1 aromatic carbocycles. The fourth-order valence-corrected chi connectivity index (χ4v) is 1.29. The molecular weight excluding hydrogens is 160 g/mol. The van der Waals surface area contributed by atoms with Crippen LogP contribution in [0.3, 0.4) is 0 Å². The average Bonchev–Trinajstić information content (AvgIpc) is 2.11. The number of hydrazone groups is 1. The first-order valence-electron chi connectivity index (χ1n) is 4.77. The molecule has 2 rings (SSSR count).